The molecule has 62 valence electrons. The summed E-state index contributed by atoms with van der Waals surface area (Å²) in [5.74, 6) is 0.465. The van der Waals surface area contributed by atoms with Gasteiger partial charge in [0.2, 0.25) is 0 Å². The van der Waals surface area contributed by atoms with Gasteiger partial charge in [-0.05, 0) is 12.3 Å². The molecule has 0 radical (unpaired) electrons. The molecule has 1 unspecified atom stereocenters. The van der Waals surface area contributed by atoms with Crippen molar-refractivity contribution in [2.75, 3.05) is 27.1 Å². The average Bonchev–Trinajstić information content (AvgIpc) is 1.97. The van der Waals surface area contributed by atoms with Crippen LogP contribution in [0.5, 0.6) is 0 Å². The molecule has 0 amide bonds. The fourth-order valence-corrected chi connectivity index (χ4v) is 0.656. The first kappa shape index (κ1) is 9.88. The minimum absolute atomic E-state index is 0.183. The standard InChI is InChI=1S/C7H16O3/c1-7(3-4-9-2)5-10-6-8/h7-8H,3-6H2,1-2H3. The van der Waals surface area contributed by atoms with E-state index in [1.54, 1.807) is 7.11 Å². The zero-order chi connectivity index (χ0) is 7.82. The zero-order valence-corrected chi connectivity index (χ0v) is 6.67. The van der Waals surface area contributed by atoms with Crippen molar-refractivity contribution >= 4 is 0 Å². The number of rotatable bonds is 6. The Labute approximate surface area is 62.0 Å². The van der Waals surface area contributed by atoms with Gasteiger partial charge in [-0.1, -0.05) is 6.92 Å². The third-order valence-corrected chi connectivity index (χ3v) is 1.31. The zero-order valence-electron chi connectivity index (χ0n) is 6.67. The summed E-state index contributed by atoms with van der Waals surface area (Å²) in [7, 11) is 1.68. The molecule has 0 saturated heterocycles. The summed E-state index contributed by atoms with van der Waals surface area (Å²) in [5.41, 5.74) is 0. The highest BCUT2D eigenvalue weighted by Crippen LogP contribution is 2.01. The molecule has 0 aromatic rings. The third kappa shape index (κ3) is 6.01. The second-order valence-corrected chi connectivity index (χ2v) is 2.39. The van der Waals surface area contributed by atoms with Gasteiger partial charge in [0.05, 0.1) is 6.61 Å². The predicted molar refractivity (Wildman–Crippen MR) is 38.7 cm³/mol. The van der Waals surface area contributed by atoms with Crippen molar-refractivity contribution < 1.29 is 14.6 Å². The molecule has 10 heavy (non-hydrogen) atoms. The van der Waals surface area contributed by atoms with Crippen molar-refractivity contribution in [2.45, 2.75) is 13.3 Å². The summed E-state index contributed by atoms with van der Waals surface area (Å²) < 4.78 is 9.67. The molecular formula is C7H16O3. The lowest BCUT2D eigenvalue weighted by Crippen LogP contribution is -2.08. The number of hydrogen-bond acceptors (Lipinski definition) is 3. The maximum atomic E-state index is 8.29. The molecule has 0 aromatic carbocycles. The number of aliphatic hydroxyl groups is 1. The quantitative estimate of drug-likeness (QED) is 0.561. The summed E-state index contributed by atoms with van der Waals surface area (Å²) in [6.07, 6.45) is 0.983. The van der Waals surface area contributed by atoms with Crippen LogP contribution in [0.15, 0.2) is 0 Å². The van der Waals surface area contributed by atoms with Gasteiger partial charge >= 0.3 is 0 Å². The van der Waals surface area contributed by atoms with Gasteiger partial charge in [-0.25, -0.2) is 0 Å². The highest BCUT2D eigenvalue weighted by Gasteiger charge is 1.99. The molecule has 3 nitrogen and oxygen atoms in total. The van der Waals surface area contributed by atoms with Crippen LogP contribution in [-0.2, 0) is 9.47 Å². The second-order valence-electron chi connectivity index (χ2n) is 2.39. The highest BCUT2D eigenvalue weighted by atomic mass is 16.6. The molecule has 0 rings (SSSR count). The minimum atomic E-state index is -0.183. The third-order valence-electron chi connectivity index (χ3n) is 1.31. The van der Waals surface area contributed by atoms with E-state index in [0.29, 0.717) is 12.5 Å². The van der Waals surface area contributed by atoms with Gasteiger partial charge in [0.1, 0.15) is 6.79 Å². The van der Waals surface area contributed by atoms with Gasteiger partial charge in [-0.15, -0.1) is 0 Å². The minimum Gasteiger partial charge on any atom is -0.385 e. The van der Waals surface area contributed by atoms with E-state index in [0.717, 1.165) is 13.0 Å². The average molecular weight is 148 g/mol. The summed E-state index contributed by atoms with van der Waals surface area (Å²) in [6.45, 7) is 3.25. The molecule has 3 heteroatoms. The van der Waals surface area contributed by atoms with Gasteiger partial charge in [-0.2, -0.15) is 0 Å². The Morgan fingerprint density at radius 3 is 2.70 bits per heavy atom. The van der Waals surface area contributed by atoms with E-state index in [9.17, 15) is 0 Å². The SMILES string of the molecule is COCCC(C)COCO. The molecule has 0 heterocycles. The van der Waals surface area contributed by atoms with Crippen LogP contribution in [0.1, 0.15) is 13.3 Å². The summed E-state index contributed by atoms with van der Waals surface area (Å²) in [4.78, 5) is 0. The monoisotopic (exact) mass is 148 g/mol. The fraction of sp³-hybridized carbons (Fsp3) is 1.00. The lowest BCUT2D eigenvalue weighted by atomic mass is 10.1. The van der Waals surface area contributed by atoms with Crippen LogP contribution >= 0.6 is 0 Å². The van der Waals surface area contributed by atoms with E-state index >= 15 is 0 Å². The Kier molecular flexibility index (Phi) is 6.91. The van der Waals surface area contributed by atoms with E-state index in [1.165, 1.54) is 0 Å². The van der Waals surface area contributed by atoms with Crippen molar-refractivity contribution in [3.8, 4) is 0 Å². The number of hydrogen-bond donors (Lipinski definition) is 1. The van der Waals surface area contributed by atoms with Crippen LogP contribution < -0.4 is 0 Å². The lowest BCUT2D eigenvalue weighted by Gasteiger charge is -2.08. The fourth-order valence-electron chi connectivity index (χ4n) is 0.656. The predicted octanol–water partition coefficient (Wildman–Crippen LogP) is 0.625. The van der Waals surface area contributed by atoms with E-state index < -0.39 is 0 Å². The molecular weight excluding hydrogens is 132 g/mol. The Hall–Kier alpha value is -0.120. The van der Waals surface area contributed by atoms with Crippen molar-refractivity contribution in [3.05, 3.63) is 0 Å². The van der Waals surface area contributed by atoms with Crippen LogP contribution in [0, 0.1) is 5.92 Å². The van der Waals surface area contributed by atoms with Crippen molar-refractivity contribution in [1.82, 2.24) is 0 Å². The molecule has 0 spiro atoms. The second kappa shape index (κ2) is 6.99. The molecule has 0 bridgehead atoms. The van der Waals surface area contributed by atoms with Crippen LogP contribution in [0.2, 0.25) is 0 Å². The molecule has 1 atom stereocenters. The molecule has 0 saturated carbocycles. The van der Waals surface area contributed by atoms with Gasteiger partial charge in [0.15, 0.2) is 0 Å². The molecule has 0 aliphatic rings. The first-order valence-electron chi connectivity index (χ1n) is 3.48. The smallest absolute Gasteiger partial charge is 0.143 e. The maximum absolute atomic E-state index is 8.29. The van der Waals surface area contributed by atoms with Gasteiger partial charge in [-0.3, -0.25) is 0 Å². The van der Waals surface area contributed by atoms with Gasteiger partial charge in [0.25, 0.3) is 0 Å². The van der Waals surface area contributed by atoms with Crippen molar-refractivity contribution in [1.29, 1.82) is 0 Å². The Balaban J connectivity index is 3.00. The van der Waals surface area contributed by atoms with Crippen LogP contribution in [0.25, 0.3) is 0 Å². The maximum Gasteiger partial charge on any atom is 0.143 e. The van der Waals surface area contributed by atoms with Crippen LogP contribution in [0.3, 0.4) is 0 Å². The molecule has 0 fully saturated rings. The molecule has 0 aliphatic carbocycles. The summed E-state index contributed by atoms with van der Waals surface area (Å²) in [5, 5.41) is 8.29. The molecule has 1 N–H and O–H groups in total. The lowest BCUT2D eigenvalue weighted by molar-refractivity contribution is -0.0187. The number of methoxy groups -OCH3 is 1. The van der Waals surface area contributed by atoms with Gasteiger partial charge in [0, 0.05) is 13.7 Å². The van der Waals surface area contributed by atoms with Crippen molar-refractivity contribution in [2.24, 2.45) is 5.92 Å². The first-order chi connectivity index (χ1) is 4.81. The van der Waals surface area contributed by atoms with Crippen LogP contribution in [-0.4, -0.2) is 32.2 Å². The summed E-state index contributed by atoms with van der Waals surface area (Å²) in [6, 6.07) is 0. The van der Waals surface area contributed by atoms with E-state index in [-0.39, 0.29) is 6.79 Å². The number of ether oxygens (including phenoxy) is 2. The Morgan fingerprint density at radius 2 is 2.20 bits per heavy atom. The topological polar surface area (TPSA) is 38.7 Å². The Morgan fingerprint density at radius 1 is 1.50 bits per heavy atom. The van der Waals surface area contributed by atoms with Gasteiger partial charge < -0.3 is 14.6 Å². The highest BCUT2D eigenvalue weighted by molar-refractivity contribution is 4.48. The van der Waals surface area contributed by atoms with Crippen LogP contribution in [0.4, 0.5) is 0 Å². The largest absolute Gasteiger partial charge is 0.385 e. The van der Waals surface area contributed by atoms with E-state index in [1.807, 2.05) is 0 Å². The number of aliphatic hydroxyl groups excluding tert-OH is 1. The Bertz CT molecular complexity index is 57.9. The van der Waals surface area contributed by atoms with E-state index in [2.05, 4.69) is 6.92 Å². The van der Waals surface area contributed by atoms with Crippen molar-refractivity contribution in [3.63, 3.8) is 0 Å². The normalized spacial score (nSPS) is 13.5. The first-order valence-corrected chi connectivity index (χ1v) is 3.48. The molecule has 0 aromatic heterocycles. The van der Waals surface area contributed by atoms with E-state index in [4.69, 9.17) is 14.6 Å². The molecule has 0 aliphatic heterocycles. The summed E-state index contributed by atoms with van der Waals surface area (Å²) >= 11 is 0.